The van der Waals surface area contributed by atoms with Crippen molar-refractivity contribution >= 4 is 22.7 Å². The quantitative estimate of drug-likeness (QED) is 0.587. The molecular formula is C26H29N3O2. The third-order valence-electron chi connectivity index (χ3n) is 6.08. The zero-order valence-electron chi connectivity index (χ0n) is 18.6. The monoisotopic (exact) mass is 415 g/mol. The van der Waals surface area contributed by atoms with E-state index < -0.39 is 5.54 Å². The van der Waals surface area contributed by atoms with Gasteiger partial charge in [0.2, 0.25) is 0 Å². The van der Waals surface area contributed by atoms with E-state index in [1.54, 1.807) is 6.92 Å². The number of amides is 3. The van der Waals surface area contributed by atoms with Crippen molar-refractivity contribution in [3.05, 3.63) is 83.4 Å². The molecule has 4 rings (SSSR count). The van der Waals surface area contributed by atoms with Gasteiger partial charge >= 0.3 is 6.03 Å². The Morgan fingerprint density at radius 1 is 0.968 bits per heavy atom. The smallest absolute Gasteiger partial charge is 0.319 e. The molecule has 0 aromatic heterocycles. The number of fused-ring (bicyclic) bond motifs is 1. The first kappa shape index (κ1) is 21.1. The minimum atomic E-state index is -1.09. The summed E-state index contributed by atoms with van der Waals surface area (Å²) in [5.41, 5.74) is 2.18. The van der Waals surface area contributed by atoms with Crippen molar-refractivity contribution in [3.8, 4) is 0 Å². The highest BCUT2D eigenvalue weighted by Gasteiger charge is 2.49. The predicted octanol–water partition coefficient (Wildman–Crippen LogP) is 4.82. The zero-order chi connectivity index (χ0) is 22.2. The molecule has 1 N–H and O–H groups in total. The van der Waals surface area contributed by atoms with Crippen LogP contribution in [0.3, 0.4) is 0 Å². The number of urea groups is 1. The van der Waals surface area contributed by atoms with Crippen LogP contribution in [0, 0.1) is 0 Å². The number of carbonyl (C=O) groups excluding carboxylic acids is 2. The molecule has 1 aliphatic rings. The average molecular weight is 416 g/mol. The average Bonchev–Trinajstić information content (AvgIpc) is 2.97. The molecule has 1 aliphatic heterocycles. The molecule has 1 heterocycles. The first-order valence-electron chi connectivity index (χ1n) is 10.7. The van der Waals surface area contributed by atoms with Gasteiger partial charge in [0.15, 0.2) is 0 Å². The summed E-state index contributed by atoms with van der Waals surface area (Å²) >= 11 is 0. The van der Waals surface area contributed by atoms with Gasteiger partial charge in [-0.3, -0.25) is 9.69 Å². The molecule has 31 heavy (non-hydrogen) atoms. The molecule has 0 spiro atoms. The maximum atomic E-state index is 13.4. The topological polar surface area (TPSA) is 52.6 Å². The summed E-state index contributed by atoms with van der Waals surface area (Å²) < 4.78 is 0. The van der Waals surface area contributed by atoms with Crippen molar-refractivity contribution in [3.63, 3.8) is 0 Å². The number of nitrogens with one attached hydrogen (secondary N) is 1. The van der Waals surface area contributed by atoms with Crippen molar-refractivity contribution < 1.29 is 9.59 Å². The summed E-state index contributed by atoms with van der Waals surface area (Å²) in [4.78, 5) is 29.5. The van der Waals surface area contributed by atoms with Gasteiger partial charge in [0.25, 0.3) is 5.91 Å². The number of imide groups is 1. The summed E-state index contributed by atoms with van der Waals surface area (Å²) in [5.74, 6) is 0.264. The van der Waals surface area contributed by atoms with E-state index in [2.05, 4.69) is 43.4 Å². The first-order chi connectivity index (χ1) is 14.8. The van der Waals surface area contributed by atoms with Crippen molar-refractivity contribution in [1.82, 2.24) is 15.1 Å². The van der Waals surface area contributed by atoms with Gasteiger partial charge < -0.3 is 5.32 Å². The van der Waals surface area contributed by atoms with Crippen LogP contribution in [-0.4, -0.2) is 35.5 Å². The van der Waals surface area contributed by atoms with Crippen LogP contribution in [0.2, 0.25) is 0 Å². The standard InChI is InChI=1S/C26H29N3O2/c1-18(2)20-14-12-19(13-15-20)16-28(4)17-29-24(30)26(3,27-25(29)31)23-11-7-9-21-8-5-6-10-22(21)23/h5-15,18H,16-17H2,1-4H3,(H,27,31)/t26-/m0/s1. The van der Waals surface area contributed by atoms with Crippen LogP contribution >= 0.6 is 0 Å². The highest BCUT2D eigenvalue weighted by molar-refractivity contribution is 6.09. The molecule has 1 atom stereocenters. The van der Waals surface area contributed by atoms with Crippen LogP contribution < -0.4 is 5.32 Å². The van der Waals surface area contributed by atoms with E-state index in [4.69, 9.17) is 0 Å². The molecule has 3 aromatic rings. The summed E-state index contributed by atoms with van der Waals surface area (Å²) in [6, 6.07) is 21.9. The second-order valence-electron chi connectivity index (χ2n) is 8.87. The second kappa shape index (κ2) is 8.16. The normalized spacial score (nSPS) is 19.0. The number of rotatable bonds is 6. The molecule has 0 radical (unpaired) electrons. The minimum Gasteiger partial charge on any atom is -0.319 e. The fourth-order valence-electron chi connectivity index (χ4n) is 4.28. The van der Waals surface area contributed by atoms with Crippen LogP contribution in [0.5, 0.6) is 0 Å². The van der Waals surface area contributed by atoms with E-state index in [1.807, 2.05) is 54.4 Å². The fraction of sp³-hybridized carbons (Fsp3) is 0.308. The maximum absolute atomic E-state index is 13.4. The number of carbonyl (C=O) groups is 2. The molecule has 3 amide bonds. The van der Waals surface area contributed by atoms with Gasteiger partial charge in [-0.1, -0.05) is 80.6 Å². The van der Waals surface area contributed by atoms with E-state index in [0.717, 1.165) is 21.9 Å². The summed E-state index contributed by atoms with van der Waals surface area (Å²) in [7, 11) is 1.92. The Bertz CT molecular complexity index is 1120. The van der Waals surface area contributed by atoms with Crippen LogP contribution in [0.1, 0.15) is 43.4 Å². The summed E-state index contributed by atoms with van der Waals surface area (Å²) in [6.45, 7) is 7.02. The van der Waals surface area contributed by atoms with Gasteiger partial charge in [0, 0.05) is 6.54 Å². The van der Waals surface area contributed by atoms with Gasteiger partial charge in [-0.25, -0.2) is 9.69 Å². The van der Waals surface area contributed by atoms with E-state index >= 15 is 0 Å². The largest absolute Gasteiger partial charge is 0.326 e. The van der Waals surface area contributed by atoms with Crippen molar-refractivity contribution in [2.45, 2.75) is 38.8 Å². The molecule has 5 nitrogen and oxygen atoms in total. The molecular weight excluding hydrogens is 386 g/mol. The third kappa shape index (κ3) is 3.93. The van der Waals surface area contributed by atoms with E-state index in [9.17, 15) is 9.59 Å². The first-order valence-corrected chi connectivity index (χ1v) is 10.7. The fourth-order valence-corrected chi connectivity index (χ4v) is 4.28. The number of hydrogen-bond acceptors (Lipinski definition) is 3. The lowest BCUT2D eigenvalue weighted by Gasteiger charge is -2.26. The number of nitrogens with zero attached hydrogens (tertiary/aromatic N) is 2. The summed E-state index contributed by atoms with van der Waals surface area (Å²) in [6.07, 6.45) is 0. The summed E-state index contributed by atoms with van der Waals surface area (Å²) in [5, 5.41) is 4.96. The lowest BCUT2D eigenvalue weighted by Crippen LogP contribution is -2.43. The molecule has 5 heteroatoms. The van der Waals surface area contributed by atoms with E-state index in [0.29, 0.717) is 12.5 Å². The zero-order valence-corrected chi connectivity index (χ0v) is 18.6. The molecule has 0 saturated carbocycles. The Kier molecular flexibility index (Phi) is 5.54. The number of hydrogen-bond donors (Lipinski definition) is 1. The molecule has 160 valence electrons. The molecule has 1 saturated heterocycles. The van der Waals surface area contributed by atoms with Crippen LogP contribution in [0.25, 0.3) is 10.8 Å². The van der Waals surface area contributed by atoms with Crippen LogP contribution in [-0.2, 0) is 16.9 Å². The molecule has 0 bridgehead atoms. The molecule has 0 unspecified atom stereocenters. The van der Waals surface area contributed by atoms with Gasteiger partial charge in [0.05, 0.1) is 6.67 Å². The highest BCUT2D eigenvalue weighted by atomic mass is 16.2. The lowest BCUT2D eigenvalue weighted by atomic mass is 9.88. The van der Waals surface area contributed by atoms with Crippen LogP contribution in [0.15, 0.2) is 66.7 Å². The second-order valence-corrected chi connectivity index (χ2v) is 8.87. The predicted molar refractivity (Wildman–Crippen MR) is 124 cm³/mol. The van der Waals surface area contributed by atoms with E-state index in [1.165, 1.54) is 10.5 Å². The van der Waals surface area contributed by atoms with Crippen molar-refractivity contribution in [1.29, 1.82) is 0 Å². The molecule has 3 aromatic carbocycles. The Morgan fingerprint density at radius 3 is 2.35 bits per heavy atom. The third-order valence-corrected chi connectivity index (χ3v) is 6.08. The Balaban J connectivity index is 1.52. The maximum Gasteiger partial charge on any atom is 0.326 e. The van der Waals surface area contributed by atoms with Crippen LogP contribution in [0.4, 0.5) is 4.79 Å². The van der Waals surface area contributed by atoms with Crippen molar-refractivity contribution in [2.24, 2.45) is 0 Å². The Morgan fingerprint density at radius 2 is 1.65 bits per heavy atom. The Hall–Kier alpha value is -3.18. The lowest BCUT2D eigenvalue weighted by molar-refractivity contribution is -0.132. The Labute approximate surface area is 183 Å². The highest BCUT2D eigenvalue weighted by Crippen LogP contribution is 2.33. The van der Waals surface area contributed by atoms with Gasteiger partial charge in [0.1, 0.15) is 5.54 Å². The molecule has 0 aliphatic carbocycles. The van der Waals surface area contributed by atoms with Crippen molar-refractivity contribution in [2.75, 3.05) is 13.7 Å². The molecule has 1 fully saturated rings. The SMILES string of the molecule is CC(C)c1ccc(CN(C)CN2C(=O)N[C@@](C)(c3cccc4ccccc34)C2=O)cc1. The van der Waals surface area contributed by atoms with Gasteiger partial charge in [-0.05, 0) is 47.4 Å². The van der Waals surface area contributed by atoms with E-state index in [-0.39, 0.29) is 18.6 Å². The van der Waals surface area contributed by atoms with Gasteiger partial charge in [-0.15, -0.1) is 0 Å². The van der Waals surface area contributed by atoms with Gasteiger partial charge in [-0.2, -0.15) is 0 Å². The number of benzene rings is 3. The minimum absolute atomic E-state index is 0.226.